The number of aromatic nitrogens is 1. The van der Waals surface area contributed by atoms with Gasteiger partial charge in [-0.1, -0.05) is 54.6 Å². The number of amides is 1. The van der Waals surface area contributed by atoms with Crippen LogP contribution in [0.4, 0.5) is 5.69 Å². The van der Waals surface area contributed by atoms with E-state index in [9.17, 15) is 14.9 Å². The highest BCUT2D eigenvalue weighted by Gasteiger charge is 2.15. The molecule has 0 saturated heterocycles. The third-order valence-electron chi connectivity index (χ3n) is 5.12. The van der Waals surface area contributed by atoms with E-state index in [2.05, 4.69) is 10.3 Å². The van der Waals surface area contributed by atoms with Crippen LogP contribution >= 0.6 is 0 Å². The van der Waals surface area contributed by atoms with Gasteiger partial charge in [0, 0.05) is 16.9 Å². The van der Waals surface area contributed by atoms with Crippen LogP contribution in [0.15, 0.2) is 89.7 Å². The summed E-state index contributed by atoms with van der Waals surface area (Å²) < 4.78 is 11.1. The van der Waals surface area contributed by atoms with Gasteiger partial charge in [-0.3, -0.25) is 9.59 Å². The minimum atomic E-state index is -0.476. The normalized spacial score (nSPS) is 10.2. The van der Waals surface area contributed by atoms with E-state index in [4.69, 9.17) is 9.47 Å². The van der Waals surface area contributed by atoms with E-state index in [1.807, 2.05) is 54.6 Å². The Labute approximate surface area is 196 Å². The van der Waals surface area contributed by atoms with E-state index in [-0.39, 0.29) is 18.1 Å². The van der Waals surface area contributed by atoms with Crippen LogP contribution in [0.2, 0.25) is 0 Å². The number of anilines is 1. The molecule has 1 aromatic heterocycles. The largest absolute Gasteiger partial charge is 0.493 e. The van der Waals surface area contributed by atoms with Gasteiger partial charge in [-0.15, -0.1) is 0 Å². The number of para-hydroxylation sites is 1. The van der Waals surface area contributed by atoms with Crippen LogP contribution in [0.1, 0.15) is 5.56 Å². The lowest BCUT2D eigenvalue weighted by atomic mass is 9.98. The summed E-state index contributed by atoms with van der Waals surface area (Å²) >= 11 is 0. The van der Waals surface area contributed by atoms with Gasteiger partial charge in [0.15, 0.2) is 18.1 Å². The first-order chi connectivity index (χ1) is 16.6. The maximum absolute atomic E-state index is 12.6. The molecule has 34 heavy (non-hydrogen) atoms. The highest BCUT2D eigenvalue weighted by atomic mass is 16.5. The van der Waals surface area contributed by atoms with Crippen molar-refractivity contribution >= 4 is 11.6 Å². The molecular formula is C27H21N3O4. The number of hydrogen-bond donors (Lipinski definition) is 2. The van der Waals surface area contributed by atoms with Gasteiger partial charge in [-0.2, -0.15) is 5.26 Å². The molecule has 0 radical (unpaired) electrons. The van der Waals surface area contributed by atoms with Gasteiger partial charge in [0.2, 0.25) is 0 Å². The molecule has 1 heterocycles. The van der Waals surface area contributed by atoms with Crippen LogP contribution in [0.25, 0.3) is 22.4 Å². The predicted molar refractivity (Wildman–Crippen MR) is 130 cm³/mol. The maximum atomic E-state index is 12.6. The summed E-state index contributed by atoms with van der Waals surface area (Å²) in [6, 6.07) is 27.2. The Kier molecular flexibility index (Phi) is 6.70. The molecule has 0 unspecified atom stereocenters. The molecule has 2 N–H and O–H groups in total. The van der Waals surface area contributed by atoms with Crippen LogP contribution in [-0.4, -0.2) is 24.6 Å². The van der Waals surface area contributed by atoms with Crippen molar-refractivity contribution in [3.8, 4) is 40.0 Å². The van der Waals surface area contributed by atoms with Crippen LogP contribution in [0.5, 0.6) is 11.5 Å². The topological polar surface area (TPSA) is 104 Å². The van der Waals surface area contributed by atoms with Crippen molar-refractivity contribution in [2.75, 3.05) is 19.0 Å². The Hall–Kier alpha value is -4.83. The summed E-state index contributed by atoms with van der Waals surface area (Å²) in [5.41, 5.74) is 2.69. The molecule has 7 nitrogen and oxygen atoms in total. The molecule has 0 spiro atoms. The molecule has 0 saturated carbocycles. The van der Waals surface area contributed by atoms with E-state index >= 15 is 0 Å². The first-order valence-electron chi connectivity index (χ1n) is 10.5. The molecule has 0 bridgehead atoms. The molecule has 0 aliphatic heterocycles. The van der Waals surface area contributed by atoms with Gasteiger partial charge < -0.3 is 19.8 Å². The molecule has 4 aromatic rings. The number of methoxy groups -OCH3 is 1. The number of nitriles is 1. The average Bonchev–Trinajstić information content (AvgIpc) is 2.88. The second-order valence-corrected chi connectivity index (χ2v) is 7.35. The Morgan fingerprint density at radius 3 is 2.32 bits per heavy atom. The Bertz CT molecular complexity index is 1410. The van der Waals surface area contributed by atoms with Gasteiger partial charge >= 0.3 is 0 Å². The lowest BCUT2D eigenvalue weighted by Gasteiger charge is -2.13. The standard InChI is InChI=1S/C27H21N3O4/c1-33-25-14-19(12-13-24(25)34-17-26(31)29-20-10-6-3-7-11-20)21-15-23(18-8-4-2-5-9-18)30-27(32)22(21)16-28/h2-15H,17H2,1H3,(H,29,31)(H,30,32). The minimum absolute atomic E-state index is 0.00218. The summed E-state index contributed by atoms with van der Waals surface area (Å²) in [6.45, 7) is -0.211. The van der Waals surface area contributed by atoms with Crippen molar-refractivity contribution in [3.63, 3.8) is 0 Å². The number of aromatic amines is 1. The SMILES string of the molecule is COc1cc(-c2cc(-c3ccccc3)[nH]c(=O)c2C#N)ccc1OCC(=O)Nc1ccccc1. The Morgan fingerprint density at radius 2 is 1.65 bits per heavy atom. The number of carbonyl (C=O) groups excluding carboxylic acids is 1. The fraction of sp³-hybridized carbons (Fsp3) is 0.0741. The summed E-state index contributed by atoms with van der Waals surface area (Å²) in [6.07, 6.45) is 0. The molecule has 0 fully saturated rings. The zero-order chi connectivity index (χ0) is 23.9. The minimum Gasteiger partial charge on any atom is -0.493 e. The van der Waals surface area contributed by atoms with Crippen LogP contribution in [0.3, 0.4) is 0 Å². The van der Waals surface area contributed by atoms with Crippen molar-refractivity contribution < 1.29 is 14.3 Å². The quantitative estimate of drug-likeness (QED) is 0.427. The monoisotopic (exact) mass is 451 g/mol. The van der Waals surface area contributed by atoms with Gasteiger partial charge in [0.25, 0.3) is 11.5 Å². The summed E-state index contributed by atoms with van der Waals surface area (Å²) in [5, 5.41) is 12.4. The first kappa shape index (κ1) is 22.4. The van der Waals surface area contributed by atoms with Crippen molar-refractivity contribution in [1.29, 1.82) is 5.26 Å². The zero-order valence-corrected chi connectivity index (χ0v) is 18.4. The fourth-order valence-electron chi connectivity index (χ4n) is 3.49. The molecule has 0 aliphatic carbocycles. The molecule has 7 heteroatoms. The number of pyridine rings is 1. The predicted octanol–water partition coefficient (Wildman–Crippen LogP) is 4.61. The van der Waals surface area contributed by atoms with Crippen LogP contribution in [-0.2, 0) is 4.79 Å². The second kappa shape index (κ2) is 10.2. The van der Waals surface area contributed by atoms with Gasteiger partial charge in [0.1, 0.15) is 11.6 Å². The van der Waals surface area contributed by atoms with Gasteiger partial charge in [-0.25, -0.2) is 0 Å². The van der Waals surface area contributed by atoms with E-state index < -0.39 is 5.56 Å². The highest BCUT2D eigenvalue weighted by Crippen LogP contribution is 2.34. The lowest BCUT2D eigenvalue weighted by Crippen LogP contribution is -2.20. The molecule has 0 aliphatic rings. The van der Waals surface area contributed by atoms with E-state index in [1.165, 1.54) is 7.11 Å². The fourth-order valence-corrected chi connectivity index (χ4v) is 3.49. The van der Waals surface area contributed by atoms with Crippen LogP contribution in [0, 0.1) is 11.3 Å². The van der Waals surface area contributed by atoms with E-state index in [0.29, 0.717) is 34.0 Å². The van der Waals surface area contributed by atoms with Crippen LogP contribution < -0.4 is 20.3 Å². The van der Waals surface area contributed by atoms with E-state index in [1.54, 1.807) is 36.4 Å². The molecule has 4 rings (SSSR count). The Balaban J connectivity index is 1.61. The van der Waals surface area contributed by atoms with Crippen molar-refractivity contribution in [2.45, 2.75) is 0 Å². The number of nitrogens with one attached hydrogen (secondary N) is 2. The second-order valence-electron chi connectivity index (χ2n) is 7.35. The highest BCUT2D eigenvalue weighted by molar-refractivity contribution is 5.91. The third-order valence-corrected chi connectivity index (χ3v) is 5.12. The number of carbonyl (C=O) groups is 1. The molecular weight excluding hydrogens is 430 g/mol. The lowest BCUT2D eigenvalue weighted by molar-refractivity contribution is -0.118. The number of hydrogen-bond acceptors (Lipinski definition) is 5. The van der Waals surface area contributed by atoms with Gasteiger partial charge in [-0.05, 0) is 41.5 Å². The molecule has 3 aromatic carbocycles. The molecule has 168 valence electrons. The summed E-state index contributed by atoms with van der Waals surface area (Å²) in [4.78, 5) is 27.6. The number of nitrogens with zero attached hydrogens (tertiary/aromatic N) is 1. The van der Waals surface area contributed by atoms with Gasteiger partial charge in [0.05, 0.1) is 7.11 Å². The van der Waals surface area contributed by atoms with E-state index in [0.717, 1.165) is 5.56 Å². The Morgan fingerprint density at radius 1 is 0.941 bits per heavy atom. The maximum Gasteiger partial charge on any atom is 0.266 e. The first-order valence-corrected chi connectivity index (χ1v) is 10.5. The number of rotatable bonds is 7. The van der Waals surface area contributed by atoms with Crippen molar-refractivity contribution in [3.05, 3.63) is 101 Å². The molecule has 0 atom stereocenters. The van der Waals surface area contributed by atoms with Crippen molar-refractivity contribution in [2.24, 2.45) is 0 Å². The smallest absolute Gasteiger partial charge is 0.266 e. The third kappa shape index (κ3) is 4.97. The number of benzene rings is 3. The van der Waals surface area contributed by atoms with Crippen molar-refractivity contribution in [1.82, 2.24) is 4.98 Å². The molecule has 1 amide bonds. The number of H-pyrrole nitrogens is 1. The number of ether oxygens (including phenoxy) is 2. The summed E-state index contributed by atoms with van der Waals surface area (Å²) in [7, 11) is 1.48. The zero-order valence-electron chi connectivity index (χ0n) is 18.4. The summed E-state index contributed by atoms with van der Waals surface area (Å²) in [5.74, 6) is 0.419. The average molecular weight is 451 g/mol.